The molecular formula is C44H23BF25N. The number of rotatable bonds is 6. The maximum absolute atomic E-state index is 14.2. The second-order valence-corrected chi connectivity index (χ2v) is 15.4. The monoisotopic (exact) mass is 1050 g/mol. The molecule has 71 heavy (non-hydrogen) atoms. The highest BCUT2D eigenvalue weighted by Gasteiger charge is 2.47. The Hall–Kier alpha value is -6.44. The van der Waals surface area contributed by atoms with E-state index in [1.807, 2.05) is 36.4 Å². The molecule has 6 rings (SSSR count). The van der Waals surface area contributed by atoms with Crippen LogP contribution < -0.4 is 26.4 Å². The molecule has 0 bridgehead atoms. The van der Waals surface area contributed by atoms with Gasteiger partial charge in [0.05, 0.1) is 44.5 Å². The van der Waals surface area contributed by atoms with Crippen molar-refractivity contribution in [1.82, 2.24) is 0 Å². The highest BCUT2D eigenvalue weighted by atomic mass is 19.4. The van der Waals surface area contributed by atoms with Gasteiger partial charge in [0, 0.05) is 17.7 Å². The molecule has 0 amide bonds. The van der Waals surface area contributed by atoms with E-state index in [-0.39, 0.29) is 5.95 Å². The van der Waals surface area contributed by atoms with Crippen LogP contribution in [0.15, 0.2) is 128 Å². The van der Waals surface area contributed by atoms with Crippen LogP contribution in [0.2, 0.25) is 0 Å². The third-order valence-corrected chi connectivity index (χ3v) is 10.5. The van der Waals surface area contributed by atoms with Gasteiger partial charge < -0.3 is 0 Å². The third-order valence-electron chi connectivity index (χ3n) is 10.5. The molecule has 5 aromatic carbocycles. The zero-order valence-corrected chi connectivity index (χ0v) is 34.3. The number of halogens is 25. The fourth-order valence-corrected chi connectivity index (χ4v) is 7.43. The molecule has 0 fully saturated rings. The summed E-state index contributed by atoms with van der Waals surface area (Å²) in [6.45, 7) is 0.577. The lowest BCUT2D eigenvalue weighted by molar-refractivity contribution is -0.716. The second kappa shape index (κ2) is 19.0. The maximum Gasteiger partial charge on any atom is 0.416 e. The third kappa shape index (κ3) is 12.9. The van der Waals surface area contributed by atoms with Gasteiger partial charge in [-0.1, -0.05) is 78.9 Å². The molecule has 1 nitrogen and oxygen atoms in total. The van der Waals surface area contributed by atoms with Crippen molar-refractivity contribution in [1.29, 1.82) is 0 Å². The summed E-state index contributed by atoms with van der Waals surface area (Å²) in [4.78, 5) is 0. The average Bonchev–Trinajstić information content (AvgIpc) is 3.22. The van der Waals surface area contributed by atoms with Crippen LogP contribution >= 0.6 is 0 Å². The number of aromatic nitrogens is 1. The summed E-state index contributed by atoms with van der Waals surface area (Å²) >= 11 is 0. The highest BCUT2D eigenvalue weighted by Crippen LogP contribution is 2.41. The SMILES string of the molecule is FC(F)(F)c1cc([B-](c2cc(C(F)(F)F)cc(C(F)(F)F)c2)(c2cc(C(F)(F)F)cc(C(F)(F)F)c2)c2cc(C(F)(F)F)cc(C(F)(F)F)c2)cc(C(F)(F)F)c1.Fc1cccc[n+]1Cc1ccccc1. The van der Waals surface area contributed by atoms with E-state index in [0.717, 1.165) is 5.56 Å². The van der Waals surface area contributed by atoms with Crippen LogP contribution in [0, 0.1) is 5.95 Å². The first-order chi connectivity index (χ1) is 32.1. The molecule has 382 valence electrons. The molecule has 0 radical (unpaired) electrons. The Bertz CT molecular complexity index is 2410. The van der Waals surface area contributed by atoms with Gasteiger partial charge in [0.25, 0.3) is 0 Å². The summed E-state index contributed by atoms with van der Waals surface area (Å²) < 4.78 is 356. The van der Waals surface area contributed by atoms with Crippen LogP contribution in [0.5, 0.6) is 0 Å². The van der Waals surface area contributed by atoms with Crippen LogP contribution in [0.3, 0.4) is 0 Å². The fourth-order valence-electron chi connectivity index (χ4n) is 7.43. The van der Waals surface area contributed by atoms with Crippen molar-refractivity contribution in [2.45, 2.75) is 56.0 Å². The Kier molecular flexibility index (Phi) is 14.8. The predicted octanol–water partition coefficient (Wildman–Crippen LogP) is 13.4. The van der Waals surface area contributed by atoms with E-state index in [9.17, 15) is 110 Å². The number of alkyl halides is 24. The van der Waals surface area contributed by atoms with Crippen molar-refractivity contribution in [3.63, 3.8) is 0 Å². The first-order valence-electron chi connectivity index (χ1n) is 19.2. The minimum Gasteiger partial charge on any atom is -0.194 e. The lowest BCUT2D eigenvalue weighted by Gasteiger charge is -2.46. The minimum absolute atomic E-state index is 0.212. The average molecular weight is 1050 g/mol. The molecule has 0 unspecified atom stereocenters. The number of pyridine rings is 1. The Morgan fingerprint density at radius 3 is 0.732 bits per heavy atom. The molecule has 6 aromatic rings. The summed E-state index contributed by atoms with van der Waals surface area (Å²) in [6.07, 6.45) is -53.1. The van der Waals surface area contributed by atoms with Gasteiger partial charge >= 0.3 is 55.4 Å². The molecule has 27 heteroatoms. The van der Waals surface area contributed by atoms with E-state index in [4.69, 9.17) is 0 Å². The smallest absolute Gasteiger partial charge is 0.194 e. The van der Waals surface area contributed by atoms with Gasteiger partial charge in [-0.15, -0.1) is 4.39 Å². The molecule has 0 N–H and O–H groups in total. The molecule has 0 aliphatic heterocycles. The Morgan fingerprint density at radius 2 is 0.521 bits per heavy atom. The molecule has 0 saturated heterocycles. The number of hydrogen-bond acceptors (Lipinski definition) is 0. The van der Waals surface area contributed by atoms with Crippen molar-refractivity contribution < 1.29 is 114 Å². The summed E-state index contributed by atoms with van der Waals surface area (Å²) in [5.74, 6) is -0.212. The van der Waals surface area contributed by atoms with Crippen molar-refractivity contribution in [2.24, 2.45) is 0 Å². The van der Waals surface area contributed by atoms with Crippen molar-refractivity contribution in [3.8, 4) is 0 Å². The Balaban J connectivity index is 0.000000569. The standard InChI is InChI=1S/C32H12BF24.C12H11FN/c34-25(35,36)13-1-14(26(37,38)39)6-21(5-13)33(22-7-15(27(40,41)42)2-16(8-22)28(43,44)45,23-9-17(29(46,47)48)3-18(10-23)30(49,50)51)24-11-19(31(52,53)54)4-20(12-24)32(55,56)57;13-12-8-4-5-9-14(12)10-11-6-2-1-3-7-11/h1-12H;1-9H,10H2/q-1;+1. The van der Waals surface area contributed by atoms with E-state index in [1.54, 1.807) is 16.8 Å². The van der Waals surface area contributed by atoms with Gasteiger partial charge in [0.1, 0.15) is 6.15 Å². The van der Waals surface area contributed by atoms with Gasteiger partial charge in [-0.3, -0.25) is 0 Å². The van der Waals surface area contributed by atoms with Crippen LogP contribution in [-0.2, 0) is 56.0 Å². The van der Waals surface area contributed by atoms with E-state index in [1.165, 1.54) is 6.07 Å². The van der Waals surface area contributed by atoms with Crippen LogP contribution in [0.4, 0.5) is 110 Å². The molecule has 1 aromatic heterocycles. The van der Waals surface area contributed by atoms with Crippen molar-refractivity contribution in [2.75, 3.05) is 0 Å². The van der Waals surface area contributed by atoms with Crippen LogP contribution in [0.25, 0.3) is 0 Å². The van der Waals surface area contributed by atoms with Gasteiger partial charge in [-0.25, -0.2) is 0 Å². The normalized spacial score (nSPS) is 13.5. The lowest BCUT2D eigenvalue weighted by Crippen LogP contribution is -2.75. The quantitative estimate of drug-likeness (QED) is 0.0677. The van der Waals surface area contributed by atoms with Crippen LogP contribution in [-0.4, -0.2) is 6.15 Å². The fraction of sp³-hybridized carbons (Fsp3) is 0.205. The predicted molar refractivity (Wildman–Crippen MR) is 202 cm³/mol. The molecular weight excluding hydrogens is 1030 g/mol. The summed E-state index contributed by atoms with van der Waals surface area (Å²) in [5, 5.41) is 0. The van der Waals surface area contributed by atoms with E-state index in [0.29, 0.717) is 6.54 Å². The van der Waals surface area contributed by atoms with Gasteiger partial charge in [-0.05, 0) is 30.3 Å². The molecule has 0 atom stereocenters. The Labute approximate surface area is 381 Å². The number of hydrogen-bond donors (Lipinski definition) is 0. The summed E-state index contributed by atoms with van der Waals surface area (Å²) in [6, 6.07) is 6.00. The lowest BCUT2D eigenvalue weighted by atomic mass is 9.12. The molecule has 0 aliphatic rings. The molecule has 1 heterocycles. The number of nitrogens with zero attached hydrogens (tertiary/aromatic N) is 1. The topological polar surface area (TPSA) is 3.88 Å². The molecule has 0 aliphatic carbocycles. The van der Waals surface area contributed by atoms with E-state index in [2.05, 4.69) is 0 Å². The Morgan fingerprint density at radius 1 is 0.296 bits per heavy atom. The number of benzene rings is 5. The first kappa shape index (κ1) is 55.5. The van der Waals surface area contributed by atoms with Gasteiger partial charge in [0.15, 0.2) is 12.7 Å². The van der Waals surface area contributed by atoms with Crippen molar-refractivity contribution >= 4 is 28.0 Å². The van der Waals surface area contributed by atoms with Crippen LogP contribution in [0.1, 0.15) is 50.1 Å². The largest absolute Gasteiger partial charge is 0.416 e. The second-order valence-electron chi connectivity index (χ2n) is 15.4. The zero-order chi connectivity index (χ0) is 53.7. The molecule has 0 spiro atoms. The van der Waals surface area contributed by atoms with E-state index >= 15 is 0 Å². The van der Waals surface area contributed by atoms with Gasteiger partial charge in [0.2, 0.25) is 0 Å². The van der Waals surface area contributed by atoms with Crippen molar-refractivity contribution in [3.05, 3.63) is 184 Å². The minimum atomic E-state index is -6.13. The van der Waals surface area contributed by atoms with E-state index < -0.39 is 195 Å². The maximum atomic E-state index is 14.2. The summed E-state index contributed by atoms with van der Waals surface area (Å²) in [7, 11) is 0. The zero-order valence-electron chi connectivity index (χ0n) is 34.3. The molecule has 0 saturated carbocycles. The van der Waals surface area contributed by atoms with Gasteiger partial charge in [-0.2, -0.15) is 132 Å². The first-order valence-corrected chi connectivity index (χ1v) is 19.2. The highest BCUT2D eigenvalue weighted by molar-refractivity contribution is 7.20. The summed E-state index contributed by atoms with van der Waals surface area (Å²) in [5.41, 5.74) is -29.1.